The predicted octanol–water partition coefficient (Wildman–Crippen LogP) is 3.33. The SMILES string of the molecule is Cc1cccc2c1N(C(=O)CC1(N)CCCCC1)CCC2. The van der Waals surface area contributed by atoms with Crippen molar-refractivity contribution >= 4 is 11.6 Å². The Kier molecular flexibility index (Phi) is 4.03. The Morgan fingerprint density at radius 1 is 1.24 bits per heavy atom. The van der Waals surface area contributed by atoms with Crippen LogP contribution in [0.3, 0.4) is 0 Å². The van der Waals surface area contributed by atoms with Gasteiger partial charge in [-0.2, -0.15) is 0 Å². The molecule has 1 amide bonds. The number of amides is 1. The summed E-state index contributed by atoms with van der Waals surface area (Å²) in [6, 6.07) is 6.34. The van der Waals surface area contributed by atoms with Gasteiger partial charge in [0.05, 0.1) is 0 Å². The molecule has 1 aromatic carbocycles. The Bertz CT molecular complexity index is 532. The Morgan fingerprint density at radius 3 is 2.76 bits per heavy atom. The van der Waals surface area contributed by atoms with E-state index in [0.29, 0.717) is 6.42 Å². The van der Waals surface area contributed by atoms with E-state index in [1.54, 1.807) is 0 Å². The first-order valence-corrected chi connectivity index (χ1v) is 8.27. The van der Waals surface area contributed by atoms with Gasteiger partial charge in [-0.05, 0) is 43.7 Å². The van der Waals surface area contributed by atoms with E-state index in [-0.39, 0.29) is 11.4 Å². The zero-order valence-corrected chi connectivity index (χ0v) is 13.0. The highest BCUT2D eigenvalue weighted by atomic mass is 16.2. The number of hydrogen-bond acceptors (Lipinski definition) is 2. The summed E-state index contributed by atoms with van der Waals surface area (Å²) in [7, 11) is 0. The first kappa shape index (κ1) is 14.6. The number of nitrogens with two attached hydrogens (primary N) is 1. The van der Waals surface area contributed by atoms with Gasteiger partial charge < -0.3 is 10.6 Å². The molecule has 1 saturated carbocycles. The summed E-state index contributed by atoms with van der Waals surface area (Å²) < 4.78 is 0. The van der Waals surface area contributed by atoms with Crippen LogP contribution in [0.15, 0.2) is 18.2 Å². The monoisotopic (exact) mass is 286 g/mol. The molecule has 0 bridgehead atoms. The van der Waals surface area contributed by atoms with E-state index >= 15 is 0 Å². The van der Waals surface area contributed by atoms with E-state index in [1.165, 1.54) is 30.4 Å². The molecule has 2 aliphatic rings. The van der Waals surface area contributed by atoms with E-state index in [4.69, 9.17) is 5.73 Å². The summed E-state index contributed by atoms with van der Waals surface area (Å²) in [5.74, 6) is 0.217. The number of carbonyl (C=O) groups is 1. The maximum Gasteiger partial charge on any atom is 0.228 e. The molecule has 1 aromatic rings. The third-order valence-corrected chi connectivity index (χ3v) is 5.07. The van der Waals surface area contributed by atoms with Gasteiger partial charge in [0.1, 0.15) is 0 Å². The fraction of sp³-hybridized carbons (Fsp3) is 0.611. The second-order valence-electron chi connectivity index (χ2n) is 6.83. The highest BCUT2D eigenvalue weighted by Gasteiger charge is 2.33. The number of anilines is 1. The molecule has 21 heavy (non-hydrogen) atoms. The van der Waals surface area contributed by atoms with Gasteiger partial charge in [0, 0.05) is 24.2 Å². The first-order chi connectivity index (χ1) is 10.1. The first-order valence-electron chi connectivity index (χ1n) is 8.27. The van der Waals surface area contributed by atoms with Gasteiger partial charge >= 0.3 is 0 Å². The minimum atomic E-state index is -0.268. The van der Waals surface area contributed by atoms with E-state index in [2.05, 4.69) is 25.1 Å². The molecule has 0 radical (unpaired) electrons. The Hall–Kier alpha value is -1.35. The summed E-state index contributed by atoms with van der Waals surface area (Å²) in [6.07, 6.45) is 8.22. The topological polar surface area (TPSA) is 46.3 Å². The minimum absolute atomic E-state index is 0.217. The van der Waals surface area contributed by atoms with Crippen LogP contribution in [0.25, 0.3) is 0 Å². The summed E-state index contributed by atoms with van der Waals surface area (Å²) in [6.45, 7) is 2.94. The lowest BCUT2D eigenvalue weighted by Crippen LogP contribution is -2.48. The third kappa shape index (κ3) is 2.98. The van der Waals surface area contributed by atoms with Crippen molar-refractivity contribution in [2.75, 3.05) is 11.4 Å². The van der Waals surface area contributed by atoms with E-state index in [0.717, 1.165) is 37.9 Å². The second kappa shape index (κ2) is 5.80. The number of benzene rings is 1. The number of aryl methyl sites for hydroxylation is 2. The Labute approximate surface area is 127 Å². The molecule has 1 aliphatic carbocycles. The van der Waals surface area contributed by atoms with Crippen LogP contribution in [-0.2, 0) is 11.2 Å². The summed E-state index contributed by atoms with van der Waals surface area (Å²) in [5.41, 5.74) is 9.87. The molecular weight excluding hydrogens is 260 g/mol. The highest BCUT2D eigenvalue weighted by Crippen LogP contribution is 2.34. The maximum absolute atomic E-state index is 12.8. The van der Waals surface area contributed by atoms with Gasteiger partial charge in [0.2, 0.25) is 5.91 Å². The van der Waals surface area contributed by atoms with E-state index in [1.807, 2.05) is 4.90 Å². The molecular formula is C18H26N2O. The van der Waals surface area contributed by atoms with E-state index in [9.17, 15) is 4.79 Å². The van der Waals surface area contributed by atoms with Crippen LogP contribution in [-0.4, -0.2) is 18.0 Å². The Morgan fingerprint density at radius 2 is 2.00 bits per heavy atom. The van der Waals surface area contributed by atoms with Crippen molar-refractivity contribution in [1.29, 1.82) is 0 Å². The predicted molar refractivity (Wildman–Crippen MR) is 86.5 cm³/mol. The quantitative estimate of drug-likeness (QED) is 0.906. The lowest BCUT2D eigenvalue weighted by atomic mass is 9.79. The van der Waals surface area contributed by atoms with Crippen LogP contribution in [0.1, 0.15) is 56.1 Å². The molecule has 3 rings (SSSR count). The second-order valence-corrected chi connectivity index (χ2v) is 6.83. The van der Waals surface area contributed by atoms with Crippen molar-refractivity contribution in [2.45, 2.75) is 63.8 Å². The van der Waals surface area contributed by atoms with Crippen molar-refractivity contribution < 1.29 is 4.79 Å². The molecule has 0 unspecified atom stereocenters. The van der Waals surface area contributed by atoms with Crippen molar-refractivity contribution in [1.82, 2.24) is 0 Å². The van der Waals surface area contributed by atoms with Crippen molar-refractivity contribution in [3.63, 3.8) is 0 Å². The molecule has 0 atom stereocenters. The number of hydrogen-bond donors (Lipinski definition) is 1. The largest absolute Gasteiger partial charge is 0.325 e. The van der Waals surface area contributed by atoms with Gasteiger partial charge in [-0.25, -0.2) is 0 Å². The van der Waals surface area contributed by atoms with Gasteiger partial charge in [0.15, 0.2) is 0 Å². The number of rotatable bonds is 2. The minimum Gasteiger partial charge on any atom is -0.325 e. The van der Waals surface area contributed by atoms with Crippen LogP contribution in [0.5, 0.6) is 0 Å². The lowest BCUT2D eigenvalue weighted by molar-refractivity contribution is -0.120. The van der Waals surface area contributed by atoms with Gasteiger partial charge in [-0.1, -0.05) is 37.5 Å². The van der Waals surface area contributed by atoms with Gasteiger partial charge in [-0.3, -0.25) is 4.79 Å². The molecule has 2 N–H and O–H groups in total. The number of para-hydroxylation sites is 1. The molecule has 1 aliphatic heterocycles. The highest BCUT2D eigenvalue weighted by molar-refractivity contribution is 5.96. The molecule has 0 saturated heterocycles. The maximum atomic E-state index is 12.8. The summed E-state index contributed by atoms with van der Waals surface area (Å²) in [5, 5.41) is 0. The number of nitrogens with zero attached hydrogens (tertiary/aromatic N) is 1. The average molecular weight is 286 g/mol. The van der Waals surface area contributed by atoms with E-state index < -0.39 is 0 Å². The average Bonchev–Trinajstić information content (AvgIpc) is 2.47. The van der Waals surface area contributed by atoms with Crippen LogP contribution >= 0.6 is 0 Å². The number of fused-ring (bicyclic) bond motifs is 1. The Balaban J connectivity index is 1.80. The third-order valence-electron chi connectivity index (χ3n) is 5.07. The van der Waals surface area contributed by atoms with Gasteiger partial charge in [0.25, 0.3) is 0 Å². The fourth-order valence-electron chi connectivity index (χ4n) is 3.93. The van der Waals surface area contributed by atoms with Crippen LogP contribution in [0.2, 0.25) is 0 Å². The number of carbonyl (C=O) groups excluding carboxylic acids is 1. The molecule has 3 heteroatoms. The molecule has 0 spiro atoms. The van der Waals surface area contributed by atoms with Gasteiger partial charge in [-0.15, -0.1) is 0 Å². The standard InChI is InChI=1S/C18H26N2O/c1-14-7-5-8-15-9-6-12-20(17(14)15)16(21)13-18(19)10-3-2-4-11-18/h5,7-8H,2-4,6,9-13,19H2,1H3. The van der Waals surface area contributed by atoms with Crippen molar-refractivity contribution in [3.8, 4) is 0 Å². The molecule has 1 fully saturated rings. The zero-order chi connectivity index (χ0) is 14.9. The van der Waals surface area contributed by atoms with Crippen molar-refractivity contribution in [2.24, 2.45) is 5.73 Å². The van der Waals surface area contributed by atoms with Crippen LogP contribution in [0, 0.1) is 6.92 Å². The van der Waals surface area contributed by atoms with Crippen molar-refractivity contribution in [3.05, 3.63) is 29.3 Å². The smallest absolute Gasteiger partial charge is 0.228 e. The van der Waals surface area contributed by atoms with Crippen LogP contribution < -0.4 is 10.6 Å². The summed E-state index contributed by atoms with van der Waals surface area (Å²) in [4.78, 5) is 14.8. The lowest BCUT2D eigenvalue weighted by Gasteiger charge is -2.37. The fourth-order valence-corrected chi connectivity index (χ4v) is 3.93. The molecule has 3 nitrogen and oxygen atoms in total. The zero-order valence-electron chi connectivity index (χ0n) is 13.0. The summed E-state index contributed by atoms with van der Waals surface area (Å²) >= 11 is 0. The molecule has 114 valence electrons. The molecule has 1 heterocycles. The normalized spacial score (nSPS) is 21.0. The molecule has 0 aromatic heterocycles. The van der Waals surface area contributed by atoms with Crippen LogP contribution in [0.4, 0.5) is 5.69 Å².